The van der Waals surface area contributed by atoms with Crippen LogP contribution in [0.3, 0.4) is 0 Å². The molecule has 1 amide bonds. The molecule has 0 heterocycles. The topological polar surface area (TPSA) is 84.0 Å². The molecule has 0 bridgehead atoms. The number of hydrogen-bond donors (Lipinski definition) is 3. The molecule has 21 heavy (non-hydrogen) atoms. The fraction of sp³-hybridized carbons (Fsp3) is 0.857. The van der Waals surface area contributed by atoms with Crippen LogP contribution in [0, 0.1) is 0 Å². The van der Waals surface area contributed by atoms with E-state index in [1.54, 1.807) is 14.2 Å². The summed E-state index contributed by atoms with van der Waals surface area (Å²) in [7, 11) is 3.36. The Morgan fingerprint density at radius 2 is 1.86 bits per heavy atom. The van der Waals surface area contributed by atoms with Crippen LogP contribution in [0.15, 0.2) is 4.99 Å². The highest BCUT2D eigenvalue weighted by molar-refractivity contribution is 5.81. The van der Waals surface area contributed by atoms with Gasteiger partial charge in [0, 0.05) is 46.3 Å². The van der Waals surface area contributed by atoms with Gasteiger partial charge in [0.25, 0.3) is 0 Å². The van der Waals surface area contributed by atoms with Gasteiger partial charge in [0.2, 0.25) is 5.91 Å². The average Bonchev–Trinajstić information content (AvgIpc) is 2.43. The van der Waals surface area contributed by atoms with E-state index < -0.39 is 0 Å². The second-order valence-corrected chi connectivity index (χ2v) is 4.86. The standard InChI is InChI=1S/C14H30N4O3/c1-12(2)18-13(19)6-8-17-14(15-3)16-7-5-9-21-11-10-20-4/h12H,5-11H2,1-4H3,(H,18,19)(H2,15,16,17). The Morgan fingerprint density at radius 1 is 1.14 bits per heavy atom. The van der Waals surface area contributed by atoms with Crippen LogP contribution in [-0.4, -0.2) is 65.0 Å². The van der Waals surface area contributed by atoms with Crippen molar-refractivity contribution in [1.29, 1.82) is 0 Å². The summed E-state index contributed by atoms with van der Waals surface area (Å²) in [5.41, 5.74) is 0. The van der Waals surface area contributed by atoms with E-state index in [1.165, 1.54) is 0 Å². The van der Waals surface area contributed by atoms with E-state index in [2.05, 4.69) is 20.9 Å². The zero-order valence-corrected chi connectivity index (χ0v) is 13.7. The summed E-state index contributed by atoms with van der Waals surface area (Å²) < 4.78 is 10.2. The van der Waals surface area contributed by atoms with Crippen LogP contribution in [-0.2, 0) is 14.3 Å². The minimum absolute atomic E-state index is 0.0412. The lowest BCUT2D eigenvalue weighted by Gasteiger charge is -2.12. The molecule has 124 valence electrons. The van der Waals surface area contributed by atoms with E-state index in [0.717, 1.165) is 13.0 Å². The van der Waals surface area contributed by atoms with E-state index in [-0.39, 0.29) is 11.9 Å². The SMILES string of the molecule is CN=C(NCCCOCCOC)NCCC(=O)NC(C)C. The molecule has 0 aliphatic rings. The molecule has 0 aliphatic carbocycles. The van der Waals surface area contributed by atoms with E-state index in [1.807, 2.05) is 13.8 Å². The van der Waals surface area contributed by atoms with Crippen molar-refractivity contribution in [1.82, 2.24) is 16.0 Å². The number of rotatable bonds is 11. The van der Waals surface area contributed by atoms with Crippen molar-refractivity contribution >= 4 is 11.9 Å². The summed E-state index contributed by atoms with van der Waals surface area (Å²) in [6.07, 6.45) is 1.32. The first-order chi connectivity index (χ1) is 10.1. The minimum atomic E-state index is 0.0412. The van der Waals surface area contributed by atoms with Crippen LogP contribution in [0.1, 0.15) is 26.7 Å². The molecule has 3 N–H and O–H groups in total. The monoisotopic (exact) mass is 302 g/mol. The third kappa shape index (κ3) is 13.4. The van der Waals surface area contributed by atoms with Crippen LogP contribution in [0.4, 0.5) is 0 Å². The van der Waals surface area contributed by atoms with E-state index in [4.69, 9.17) is 9.47 Å². The second-order valence-electron chi connectivity index (χ2n) is 4.86. The van der Waals surface area contributed by atoms with Crippen molar-refractivity contribution in [2.75, 3.05) is 47.1 Å². The molecule has 0 spiro atoms. The molecule has 0 aromatic rings. The Balaban J connectivity index is 3.57. The molecule has 7 heteroatoms. The van der Waals surface area contributed by atoms with Crippen LogP contribution in [0.25, 0.3) is 0 Å². The fourth-order valence-electron chi connectivity index (χ4n) is 1.53. The number of guanidine groups is 1. The highest BCUT2D eigenvalue weighted by Gasteiger charge is 2.03. The van der Waals surface area contributed by atoms with Gasteiger partial charge in [0.1, 0.15) is 0 Å². The van der Waals surface area contributed by atoms with E-state index in [9.17, 15) is 4.79 Å². The zero-order valence-electron chi connectivity index (χ0n) is 13.7. The lowest BCUT2D eigenvalue weighted by Crippen LogP contribution is -2.40. The first-order valence-electron chi connectivity index (χ1n) is 7.40. The normalized spacial score (nSPS) is 11.6. The first kappa shape index (κ1) is 19.7. The minimum Gasteiger partial charge on any atom is -0.382 e. The summed E-state index contributed by atoms with van der Waals surface area (Å²) in [5.74, 6) is 0.740. The molecule has 0 aromatic heterocycles. The van der Waals surface area contributed by atoms with Crippen molar-refractivity contribution in [2.45, 2.75) is 32.7 Å². The van der Waals surface area contributed by atoms with Crippen LogP contribution < -0.4 is 16.0 Å². The molecule has 0 rings (SSSR count). The van der Waals surface area contributed by atoms with Gasteiger partial charge in [0.05, 0.1) is 13.2 Å². The van der Waals surface area contributed by atoms with Crippen LogP contribution in [0.5, 0.6) is 0 Å². The number of nitrogens with zero attached hydrogens (tertiary/aromatic N) is 1. The lowest BCUT2D eigenvalue weighted by atomic mass is 10.3. The maximum Gasteiger partial charge on any atom is 0.221 e. The van der Waals surface area contributed by atoms with Crippen molar-refractivity contribution in [3.63, 3.8) is 0 Å². The zero-order chi connectivity index (χ0) is 15.9. The summed E-state index contributed by atoms with van der Waals surface area (Å²) in [6.45, 7) is 7.14. The number of amides is 1. The Kier molecular flexibility index (Phi) is 12.8. The van der Waals surface area contributed by atoms with E-state index in [0.29, 0.717) is 38.7 Å². The van der Waals surface area contributed by atoms with Gasteiger partial charge in [-0.2, -0.15) is 0 Å². The largest absolute Gasteiger partial charge is 0.382 e. The Bertz CT molecular complexity index is 296. The van der Waals surface area contributed by atoms with Crippen molar-refractivity contribution < 1.29 is 14.3 Å². The fourth-order valence-corrected chi connectivity index (χ4v) is 1.53. The lowest BCUT2D eigenvalue weighted by molar-refractivity contribution is -0.121. The number of carbonyl (C=O) groups excluding carboxylic acids is 1. The molecular formula is C14H30N4O3. The van der Waals surface area contributed by atoms with E-state index >= 15 is 0 Å². The number of hydrogen-bond acceptors (Lipinski definition) is 4. The highest BCUT2D eigenvalue weighted by atomic mass is 16.5. The third-order valence-corrected chi connectivity index (χ3v) is 2.51. The Morgan fingerprint density at radius 3 is 2.48 bits per heavy atom. The molecule has 0 saturated carbocycles. The predicted octanol–water partition coefficient (Wildman–Crippen LogP) is 0.119. The molecule has 0 saturated heterocycles. The molecule has 0 unspecified atom stereocenters. The van der Waals surface area contributed by atoms with Gasteiger partial charge in [-0.15, -0.1) is 0 Å². The predicted molar refractivity (Wildman–Crippen MR) is 84.6 cm³/mol. The number of methoxy groups -OCH3 is 1. The van der Waals surface area contributed by atoms with Gasteiger partial charge in [-0.25, -0.2) is 0 Å². The smallest absolute Gasteiger partial charge is 0.221 e. The van der Waals surface area contributed by atoms with Crippen LogP contribution >= 0.6 is 0 Å². The first-order valence-corrected chi connectivity index (χ1v) is 7.40. The summed E-state index contributed by atoms with van der Waals surface area (Å²) in [4.78, 5) is 15.6. The molecule has 0 fully saturated rings. The molecular weight excluding hydrogens is 272 g/mol. The maximum absolute atomic E-state index is 11.5. The maximum atomic E-state index is 11.5. The Hall–Kier alpha value is -1.34. The quantitative estimate of drug-likeness (QED) is 0.287. The van der Waals surface area contributed by atoms with Crippen molar-refractivity contribution in [3.8, 4) is 0 Å². The van der Waals surface area contributed by atoms with Gasteiger partial charge < -0.3 is 25.4 Å². The number of ether oxygens (including phenoxy) is 2. The molecule has 0 radical (unpaired) electrons. The third-order valence-electron chi connectivity index (χ3n) is 2.51. The van der Waals surface area contributed by atoms with Gasteiger partial charge in [-0.05, 0) is 20.3 Å². The molecule has 0 atom stereocenters. The van der Waals surface area contributed by atoms with Gasteiger partial charge in [-0.1, -0.05) is 0 Å². The molecule has 0 aromatic carbocycles. The van der Waals surface area contributed by atoms with Gasteiger partial charge >= 0.3 is 0 Å². The van der Waals surface area contributed by atoms with Gasteiger partial charge in [0.15, 0.2) is 5.96 Å². The summed E-state index contributed by atoms with van der Waals surface area (Å²) >= 11 is 0. The van der Waals surface area contributed by atoms with Crippen molar-refractivity contribution in [2.24, 2.45) is 4.99 Å². The Labute approximate surface area is 127 Å². The summed E-state index contributed by atoms with van der Waals surface area (Å²) in [5, 5.41) is 9.12. The van der Waals surface area contributed by atoms with Crippen LogP contribution in [0.2, 0.25) is 0 Å². The van der Waals surface area contributed by atoms with Crippen molar-refractivity contribution in [3.05, 3.63) is 0 Å². The molecule has 7 nitrogen and oxygen atoms in total. The number of carbonyl (C=O) groups is 1. The second kappa shape index (κ2) is 13.6. The summed E-state index contributed by atoms with van der Waals surface area (Å²) in [6, 6.07) is 0.174. The number of aliphatic imine (C=N–C) groups is 1. The average molecular weight is 302 g/mol. The molecule has 0 aliphatic heterocycles. The highest BCUT2D eigenvalue weighted by Crippen LogP contribution is 1.84. The number of nitrogens with one attached hydrogen (secondary N) is 3. The van der Waals surface area contributed by atoms with Gasteiger partial charge in [-0.3, -0.25) is 9.79 Å².